The lowest BCUT2D eigenvalue weighted by Gasteiger charge is -2.01. The van der Waals surface area contributed by atoms with Gasteiger partial charge in [-0.05, 0) is 24.3 Å². The topological polar surface area (TPSA) is 43.0 Å². The van der Waals surface area contributed by atoms with Gasteiger partial charge in [0.15, 0.2) is 0 Å². The molecule has 4 rings (SSSR count). The van der Waals surface area contributed by atoms with Crippen LogP contribution in [0, 0.1) is 0 Å². The Morgan fingerprint density at radius 3 is 3.22 bits per heavy atom. The summed E-state index contributed by atoms with van der Waals surface area (Å²) >= 11 is 1.63. The van der Waals surface area contributed by atoms with E-state index in [1.165, 1.54) is 5.56 Å². The second-order valence-corrected chi connectivity index (χ2v) is 5.35. The Bertz CT molecular complexity index is 694. The van der Waals surface area contributed by atoms with Crippen LogP contribution in [-0.4, -0.2) is 9.19 Å². The van der Waals surface area contributed by atoms with E-state index in [-0.39, 0.29) is 0 Å². The normalized spacial score (nSPS) is 14.2. The Morgan fingerprint density at radius 1 is 1.28 bits per heavy atom. The van der Waals surface area contributed by atoms with Crippen LogP contribution in [0.2, 0.25) is 0 Å². The van der Waals surface area contributed by atoms with Gasteiger partial charge in [-0.3, -0.25) is 0 Å². The lowest BCUT2D eigenvalue weighted by molar-refractivity contribution is 0.615. The fourth-order valence-electron chi connectivity index (χ4n) is 2.19. The van der Waals surface area contributed by atoms with E-state index < -0.39 is 0 Å². The van der Waals surface area contributed by atoms with Crippen LogP contribution in [-0.2, 0) is 13.1 Å². The molecule has 0 spiro atoms. The number of furan rings is 1. The highest BCUT2D eigenvalue weighted by Crippen LogP contribution is 2.26. The van der Waals surface area contributed by atoms with Gasteiger partial charge < -0.3 is 9.73 Å². The summed E-state index contributed by atoms with van der Waals surface area (Å²) in [7, 11) is 0. The predicted octanol–water partition coefficient (Wildman–Crippen LogP) is 2.79. The summed E-state index contributed by atoms with van der Waals surface area (Å²) in [6, 6.07) is 8.15. The van der Waals surface area contributed by atoms with Crippen LogP contribution in [0.3, 0.4) is 0 Å². The molecule has 1 aromatic carbocycles. The van der Waals surface area contributed by atoms with Crippen molar-refractivity contribution in [2.75, 3.05) is 0 Å². The van der Waals surface area contributed by atoms with Crippen molar-refractivity contribution in [3.8, 4) is 0 Å². The van der Waals surface area contributed by atoms with Gasteiger partial charge in [-0.2, -0.15) is 5.10 Å². The fraction of sp³-hybridized carbons (Fsp3) is 0.154. The summed E-state index contributed by atoms with van der Waals surface area (Å²) in [6.45, 7) is 1.81. The van der Waals surface area contributed by atoms with Gasteiger partial charge in [-0.15, -0.1) is 0 Å². The first-order chi connectivity index (χ1) is 8.88. The highest BCUT2D eigenvalue weighted by molar-refractivity contribution is 7.97. The maximum Gasteiger partial charge on any atom is 0.133 e. The molecule has 0 amide bonds. The van der Waals surface area contributed by atoms with Crippen molar-refractivity contribution < 1.29 is 4.42 Å². The lowest BCUT2D eigenvalue weighted by atomic mass is 10.3. The second kappa shape index (κ2) is 3.90. The maximum atomic E-state index is 5.33. The Kier molecular flexibility index (Phi) is 2.21. The zero-order valence-corrected chi connectivity index (χ0v) is 10.4. The molecule has 0 saturated carbocycles. The first-order valence-electron chi connectivity index (χ1n) is 5.82. The van der Waals surface area contributed by atoms with E-state index in [2.05, 4.69) is 28.7 Å². The molecule has 0 saturated heterocycles. The Labute approximate surface area is 108 Å². The molecule has 4 nitrogen and oxygen atoms in total. The first-order valence-corrected chi connectivity index (χ1v) is 6.59. The van der Waals surface area contributed by atoms with E-state index in [1.807, 2.05) is 16.2 Å². The van der Waals surface area contributed by atoms with Crippen LogP contribution < -0.4 is 5.32 Å². The number of hydrogen-bond acceptors (Lipinski definition) is 4. The van der Waals surface area contributed by atoms with Gasteiger partial charge >= 0.3 is 0 Å². The number of fused-ring (bicyclic) bond motifs is 2. The van der Waals surface area contributed by atoms with Gasteiger partial charge in [-0.25, -0.2) is 4.09 Å². The van der Waals surface area contributed by atoms with E-state index in [4.69, 9.17) is 4.42 Å². The number of nitrogens with zero attached hydrogens (tertiary/aromatic N) is 2. The van der Waals surface area contributed by atoms with Crippen molar-refractivity contribution in [1.29, 1.82) is 0 Å². The molecule has 0 aliphatic carbocycles. The zero-order chi connectivity index (χ0) is 11.9. The van der Waals surface area contributed by atoms with Crippen molar-refractivity contribution in [2.24, 2.45) is 0 Å². The quantitative estimate of drug-likeness (QED) is 0.766. The molecule has 3 heterocycles. The van der Waals surface area contributed by atoms with Gasteiger partial charge in [0.25, 0.3) is 0 Å². The van der Waals surface area contributed by atoms with Crippen LogP contribution in [0.1, 0.15) is 11.3 Å². The van der Waals surface area contributed by atoms with E-state index in [9.17, 15) is 0 Å². The van der Waals surface area contributed by atoms with Crippen molar-refractivity contribution in [2.45, 2.75) is 18.0 Å². The molecule has 1 N–H and O–H groups in total. The fourth-order valence-corrected chi connectivity index (χ4v) is 3.03. The summed E-state index contributed by atoms with van der Waals surface area (Å²) in [6.07, 6.45) is 3.81. The van der Waals surface area contributed by atoms with Crippen molar-refractivity contribution in [3.63, 3.8) is 0 Å². The number of nitrogens with one attached hydrogen (secondary N) is 1. The zero-order valence-electron chi connectivity index (χ0n) is 9.59. The molecule has 0 atom stereocenters. The third-order valence-corrected chi connectivity index (χ3v) is 3.93. The summed E-state index contributed by atoms with van der Waals surface area (Å²) in [5.41, 5.74) is 3.38. The number of rotatable bonds is 2. The van der Waals surface area contributed by atoms with E-state index >= 15 is 0 Å². The monoisotopic (exact) mass is 257 g/mol. The predicted molar refractivity (Wildman–Crippen MR) is 70.2 cm³/mol. The summed E-state index contributed by atoms with van der Waals surface area (Å²) in [4.78, 5) is 1.16. The average molecular weight is 257 g/mol. The largest absolute Gasteiger partial charge is 0.464 e. The maximum absolute atomic E-state index is 5.33. The van der Waals surface area contributed by atoms with E-state index in [1.54, 1.807) is 18.2 Å². The summed E-state index contributed by atoms with van der Waals surface area (Å²) in [5.74, 6) is 0. The number of hydrogen-bond donors (Lipinski definition) is 1. The first kappa shape index (κ1) is 10.2. The minimum atomic E-state index is 0.879. The van der Waals surface area contributed by atoms with Crippen LogP contribution in [0.15, 0.2) is 46.0 Å². The Balaban J connectivity index is 1.66. The van der Waals surface area contributed by atoms with Gasteiger partial charge in [-0.1, -0.05) is 0 Å². The molecular weight excluding hydrogens is 246 g/mol. The van der Waals surface area contributed by atoms with Gasteiger partial charge in [0, 0.05) is 47.1 Å². The molecule has 5 heteroatoms. The highest BCUT2D eigenvalue weighted by Gasteiger charge is 2.14. The number of aromatic nitrogens is 2. The molecule has 1 aliphatic rings. The Hall–Kier alpha value is -1.72. The molecule has 0 bridgehead atoms. The average Bonchev–Trinajstić information content (AvgIpc) is 3.02. The molecule has 90 valence electrons. The summed E-state index contributed by atoms with van der Waals surface area (Å²) < 4.78 is 7.27. The molecule has 2 aromatic heterocycles. The lowest BCUT2D eigenvalue weighted by Crippen LogP contribution is -2.03. The standard InChI is InChI=1S/C13H11N3OS/c1-2-13-9(3-4-17-13)5-11(1)18-16-8-10-6-14-7-12(10)15-16/h1-5,8,14H,6-7H2. The molecule has 0 radical (unpaired) electrons. The Morgan fingerprint density at radius 2 is 2.28 bits per heavy atom. The van der Waals surface area contributed by atoms with Crippen molar-refractivity contribution >= 4 is 22.9 Å². The minimum Gasteiger partial charge on any atom is -0.464 e. The molecule has 0 unspecified atom stereocenters. The minimum absolute atomic E-state index is 0.879. The molecule has 0 fully saturated rings. The molecular formula is C13H11N3OS. The summed E-state index contributed by atoms with van der Waals surface area (Å²) in [5, 5.41) is 8.96. The molecule has 18 heavy (non-hydrogen) atoms. The third-order valence-electron chi connectivity index (χ3n) is 3.09. The van der Waals surface area contributed by atoms with Crippen LogP contribution >= 0.6 is 11.9 Å². The van der Waals surface area contributed by atoms with Crippen LogP contribution in [0.4, 0.5) is 0 Å². The van der Waals surface area contributed by atoms with Gasteiger partial charge in [0.05, 0.1) is 12.0 Å². The SMILES string of the molecule is c1cc2cc(Sn3cc4c(n3)CNC4)ccc2o1. The highest BCUT2D eigenvalue weighted by atomic mass is 32.2. The van der Waals surface area contributed by atoms with Crippen molar-refractivity contribution in [1.82, 2.24) is 14.5 Å². The van der Waals surface area contributed by atoms with Crippen molar-refractivity contribution in [3.05, 3.63) is 48.0 Å². The second-order valence-electron chi connectivity index (χ2n) is 4.32. The number of benzene rings is 1. The molecule has 1 aliphatic heterocycles. The smallest absolute Gasteiger partial charge is 0.133 e. The van der Waals surface area contributed by atoms with E-state index in [0.717, 1.165) is 34.6 Å². The van der Waals surface area contributed by atoms with Crippen LogP contribution in [0.25, 0.3) is 11.0 Å². The van der Waals surface area contributed by atoms with E-state index in [0.29, 0.717) is 0 Å². The van der Waals surface area contributed by atoms with Gasteiger partial charge in [0.1, 0.15) is 5.58 Å². The third kappa shape index (κ3) is 1.63. The van der Waals surface area contributed by atoms with Crippen LogP contribution in [0.5, 0.6) is 0 Å². The van der Waals surface area contributed by atoms with Gasteiger partial charge in [0.2, 0.25) is 0 Å². The molecule has 3 aromatic rings.